The average molecular weight is 243 g/mol. The Morgan fingerprint density at radius 1 is 1.06 bits per heavy atom. The highest BCUT2D eigenvalue weighted by Gasteiger charge is 2.23. The molecule has 0 spiro atoms. The van der Waals surface area contributed by atoms with Crippen molar-refractivity contribution in [1.29, 1.82) is 0 Å². The van der Waals surface area contributed by atoms with E-state index in [-0.39, 0.29) is 12.3 Å². The van der Waals surface area contributed by atoms with Crippen LogP contribution < -0.4 is 11.5 Å². The molecule has 2 amide bonds. The van der Waals surface area contributed by atoms with Crippen molar-refractivity contribution in [2.24, 2.45) is 23.3 Å². The number of carbonyl (C=O) groups is 2. The lowest BCUT2D eigenvalue weighted by Crippen LogP contribution is -2.48. The van der Waals surface area contributed by atoms with E-state index in [1.54, 1.807) is 4.90 Å². The predicted octanol–water partition coefficient (Wildman–Crippen LogP) is 0.330. The van der Waals surface area contributed by atoms with Crippen LogP contribution in [0.2, 0.25) is 0 Å². The summed E-state index contributed by atoms with van der Waals surface area (Å²) >= 11 is 0. The molecule has 100 valence electrons. The Bertz CT molecular complexity index is 254. The fourth-order valence-electron chi connectivity index (χ4n) is 1.67. The van der Waals surface area contributed by atoms with E-state index in [0.29, 0.717) is 24.9 Å². The van der Waals surface area contributed by atoms with E-state index in [4.69, 9.17) is 11.5 Å². The van der Waals surface area contributed by atoms with E-state index in [2.05, 4.69) is 0 Å². The van der Waals surface area contributed by atoms with Gasteiger partial charge in [0.2, 0.25) is 11.8 Å². The monoisotopic (exact) mass is 243 g/mol. The summed E-state index contributed by atoms with van der Waals surface area (Å²) in [6.07, 6.45) is -0.0917. The van der Waals surface area contributed by atoms with E-state index in [9.17, 15) is 9.59 Å². The molecule has 0 saturated heterocycles. The molecule has 0 aliphatic carbocycles. The van der Waals surface area contributed by atoms with Gasteiger partial charge in [0.25, 0.3) is 0 Å². The SMILES string of the molecule is CC(C)CN(CC(C)C)C(=O)C(N)CC(N)=O. The summed E-state index contributed by atoms with van der Waals surface area (Å²) in [6.45, 7) is 9.48. The van der Waals surface area contributed by atoms with Crippen LogP contribution in [0.25, 0.3) is 0 Å². The summed E-state index contributed by atoms with van der Waals surface area (Å²) in [7, 11) is 0. The zero-order chi connectivity index (χ0) is 13.6. The second-order valence-electron chi connectivity index (χ2n) is 5.31. The Hall–Kier alpha value is -1.10. The molecule has 0 saturated carbocycles. The molecule has 5 heteroatoms. The highest BCUT2D eigenvalue weighted by Crippen LogP contribution is 2.06. The number of hydrogen-bond acceptors (Lipinski definition) is 3. The molecule has 0 fully saturated rings. The van der Waals surface area contributed by atoms with Crippen LogP contribution in [-0.4, -0.2) is 35.8 Å². The van der Waals surface area contributed by atoms with Crippen molar-refractivity contribution < 1.29 is 9.59 Å². The van der Waals surface area contributed by atoms with Gasteiger partial charge >= 0.3 is 0 Å². The Balaban J connectivity index is 4.55. The number of primary amides is 1. The van der Waals surface area contributed by atoms with Gasteiger partial charge in [-0.2, -0.15) is 0 Å². The second-order valence-corrected chi connectivity index (χ2v) is 5.31. The van der Waals surface area contributed by atoms with E-state index in [1.165, 1.54) is 0 Å². The maximum Gasteiger partial charge on any atom is 0.240 e. The standard InChI is InChI=1S/C12H25N3O2/c1-8(2)6-15(7-9(3)4)12(17)10(13)5-11(14)16/h8-10H,5-7,13H2,1-4H3,(H2,14,16). The molecule has 0 aliphatic rings. The smallest absolute Gasteiger partial charge is 0.240 e. The van der Waals surface area contributed by atoms with E-state index in [0.717, 1.165) is 0 Å². The van der Waals surface area contributed by atoms with Gasteiger partial charge in [0.1, 0.15) is 0 Å². The quantitative estimate of drug-likeness (QED) is 0.675. The third-order valence-electron chi connectivity index (χ3n) is 2.22. The van der Waals surface area contributed by atoms with Gasteiger partial charge in [-0.05, 0) is 11.8 Å². The average Bonchev–Trinajstić information content (AvgIpc) is 2.12. The Kier molecular flexibility index (Phi) is 6.80. The zero-order valence-electron chi connectivity index (χ0n) is 11.3. The molecule has 1 unspecified atom stereocenters. The molecule has 0 aromatic carbocycles. The highest BCUT2D eigenvalue weighted by molar-refractivity contribution is 5.87. The molecule has 0 aromatic rings. The van der Waals surface area contributed by atoms with Crippen LogP contribution in [0.15, 0.2) is 0 Å². The minimum atomic E-state index is -0.815. The minimum Gasteiger partial charge on any atom is -0.370 e. The third kappa shape index (κ3) is 6.94. The van der Waals surface area contributed by atoms with Gasteiger partial charge < -0.3 is 16.4 Å². The molecular formula is C12H25N3O2. The van der Waals surface area contributed by atoms with E-state index >= 15 is 0 Å². The minimum absolute atomic E-state index is 0.0917. The Morgan fingerprint density at radius 2 is 1.47 bits per heavy atom. The van der Waals surface area contributed by atoms with Crippen LogP contribution in [-0.2, 0) is 9.59 Å². The van der Waals surface area contributed by atoms with E-state index in [1.807, 2.05) is 27.7 Å². The fraction of sp³-hybridized carbons (Fsp3) is 0.833. The zero-order valence-corrected chi connectivity index (χ0v) is 11.3. The molecule has 5 nitrogen and oxygen atoms in total. The summed E-state index contributed by atoms with van der Waals surface area (Å²) in [5.74, 6) is 0.0167. The first-order valence-corrected chi connectivity index (χ1v) is 6.06. The van der Waals surface area contributed by atoms with Crippen LogP contribution in [0.4, 0.5) is 0 Å². The van der Waals surface area contributed by atoms with Gasteiger partial charge in [-0.1, -0.05) is 27.7 Å². The van der Waals surface area contributed by atoms with Gasteiger partial charge in [0.05, 0.1) is 12.5 Å². The summed E-state index contributed by atoms with van der Waals surface area (Å²) < 4.78 is 0. The van der Waals surface area contributed by atoms with Crippen LogP contribution >= 0.6 is 0 Å². The second kappa shape index (κ2) is 7.27. The summed E-state index contributed by atoms with van der Waals surface area (Å²) in [6, 6.07) is -0.815. The fourth-order valence-corrected chi connectivity index (χ4v) is 1.67. The molecule has 0 heterocycles. The van der Waals surface area contributed by atoms with Crippen LogP contribution in [0.3, 0.4) is 0 Å². The van der Waals surface area contributed by atoms with Crippen molar-refractivity contribution in [2.45, 2.75) is 40.2 Å². The van der Waals surface area contributed by atoms with Crippen molar-refractivity contribution in [3.63, 3.8) is 0 Å². The maximum atomic E-state index is 12.0. The largest absolute Gasteiger partial charge is 0.370 e. The van der Waals surface area contributed by atoms with Gasteiger partial charge in [-0.25, -0.2) is 0 Å². The molecule has 0 aliphatic heterocycles. The van der Waals surface area contributed by atoms with Crippen molar-refractivity contribution in [1.82, 2.24) is 4.90 Å². The molecular weight excluding hydrogens is 218 g/mol. The van der Waals surface area contributed by atoms with Gasteiger partial charge in [-0.15, -0.1) is 0 Å². The van der Waals surface area contributed by atoms with E-state index < -0.39 is 11.9 Å². The number of hydrogen-bond donors (Lipinski definition) is 2. The van der Waals surface area contributed by atoms with Crippen LogP contribution in [0.5, 0.6) is 0 Å². The molecule has 0 rings (SSSR count). The Morgan fingerprint density at radius 3 is 1.76 bits per heavy atom. The summed E-state index contributed by atoms with van der Waals surface area (Å²) in [4.78, 5) is 24.5. The molecule has 17 heavy (non-hydrogen) atoms. The van der Waals surface area contributed by atoms with Crippen LogP contribution in [0.1, 0.15) is 34.1 Å². The lowest BCUT2D eigenvalue weighted by molar-refractivity contribution is -0.135. The Labute approximate surface area is 104 Å². The highest BCUT2D eigenvalue weighted by atomic mass is 16.2. The van der Waals surface area contributed by atoms with Crippen molar-refractivity contribution >= 4 is 11.8 Å². The topological polar surface area (TPSA) is 89.4 Å². The van der Waals surface area contributed by atoms with Crippen molar-refractivity contribution in [3.05, 3.63) is 0 Å². The lowest BCUT2D eigenvalue weighted by Gasteiger charge is -2.28. The van der Waals surface area contributed by atoms with Crippen molar-refractivity contribution in [2.75, 3.05) is 13.1 Å². The van der Waals surface area contributed by atoms with Crippen LogP contribution in [0, 0.1) is 11.8 Å². The van der Waals surface area contributed by atoms with Gasteiger partial charge in [0, 0.05) is 13.1 Å². The number of carbonyl (C=O) groups excluding carboxylic acids is 2. The van der Waals surface area contributed by atoms with Crippen molar-refractivity contribution in [3.8, 4) is 0 Å². The number of nitrogens with two attached hydrogens (primary N) is 2. The first-order valence-electron chi connectivity index (χ1n) is 6.06. The normalized spacial score (nSPS) is 12.9. The van der Waals surface area contributed by atoms with Gasteiger partial charge in [0.15, 0.2) is 0 Å². The lowest BCUT2D eigenvalue weighted by atomic mass is 10.1. The third-order valence-corrected chi connectivity index (χ3v) is 2.22. The maximum absolute atomic E-state index is 12.0. The molecule has 4 N–H and O–H groups in total. The molecule has 0 bridgehead atoms. The molecule has 0 radical (unpaired) electrons. The predicted molar refractivity (Wildman–Crippen MR) is 68.0 cm³/mol. The molecule has 1 atom stereocenters. The summed E-state index contributed by atoms with van der Waals surface area (Å²) in [5, 5.41) is 0. The summed E-state index contributed by atoms with van der Waals surface area (Å²) in [5.41, 5.74) is 10.7. The first-order chi connectivity index (χ1) is 7.73. The first kappa shape index (κ1) is 15.9. The molecule has 0 aromatic heterocycles. The number of rotatable bonds is 7. The number of nitrogens with zero attached hydrogens (tertiary/aromatic N) is 1. The van der Waals surface area contributed by atoms with Gasteiger partial charge in [-0.3, -0.25) is 9.59 Å². The number of amides is 2.